The fraction of sp³-hybridized carbons (Fsp3) is 0.619. The third kappa shape index (κ3) is 2.67. The van der Waals surface area contributed by atoms with Crippen molar-refractivity contribution in [3.05, 3.63) is 29.8 Å². The molecule has 0 amide bonds. The van der Waals surface area contributed by atoms with Crippen molar-refractivity contribution in [3.8, 4) is 11.8 Å². The van der Waals surface area contributed by atoms with Crippen molar-refractivity contribution >= 4 is 13.3 Å². The maximum atomic E-state index is 3.16. The normalized spacial score (nSPS) is 29.2. The van der Waals surface area contributed by atoms with Crippen molar-refractivity contribution in [2.24, 2.45) is 23.2 Å². The van der Waals surface area contributed by atoms with Crippen LogP contribution in [0.5, 0.6) is 0 Å². The van der Waals surface area contributed by atoms with Gasteiger partial charge in [0.1, 0.15) is 0 Å². The number of benzene rings is 1. The quantitative estimate of drug-likeness (QED) is 0.541. The average molecular weight is 311 g/mol. The number of hydrogen-bond donors (Lipinski definition) is 0. The van der Waals surface area contributed by atoms with E-state index in [2.05, 4.69) is 63.0 Å². The highest BCUT2D eigenvalue weighted by atomic mass is 28.3. The summed E-state index contributed by atoms with van der Waals surface area (Å²) in [6.07, 6.45) is 4.46. The molecular formula is C21H30Si. The van der Waals surface area contributed by atoms with Crippen molar-refractivity contribution in [1.82, 2.24) is 0 Å². The predicted octanol–water partition coefficient (Wildman–Crippen LogP) is 5.05. The first kappa shape index (κ1) is 15.9. The van der Waals surface area contributed by atoms with Crippen LogP contribution in [0.15, 0.2) is 24.3 Å². The standard InChI is InChI=1S/C21H30Si/c1-6-7-16-8-12-19(13-9-16)22(4,5)15-17-10-11-18-14-20(17)21(18,2)3/h8-9,12-13,17-18,20H,10-11,14-15H2,1-5H3/t17?,18-,20-/m0/s1. The molecule has 0 saturated heterocycles. The van der Waals surface area contributed by atoms with Crippen LogP contribution in [-0.4, -0.2) is 8.07 Å². The molecule has 1 aromatic rings. The first-order valence-corrected chi connectivity index (χ1v) is 12.1. The van der Waals surface area contributed by atoms with Gasteiger partial charge >= 0.3 is 0 Å². The third-order valence-corrected chi connectivity index (χ3v) is 10.2. The molecule has 0 spiro atoms. The molecule has 0 aliphatic heterocycles. The van der Waals surface area contributed by atoms with Crippen LogP contribution in [0.25, 0.3) is 0 Å². The Bertz CT molecular complexity index is 595. The molecule has 0 heterocycles. The lowest BCUT2D eigenvalue weighted by Gasteiger charge is -2.61. The van der Waals surface area contributed by atoms with Gasteiger partial charge in [0.25, 0.3) is 0 Å². The zero-order chi connectivity index (χ0) is 16.0. The van der Waals surface area contributed by atoms with Crippen LogP contribution in [0, 0.1) is 35.0 Å². The summed E-state index contributed by atoms with van der Waals surface area (Å²) in [4.78, 5) is 0. The highest BCUT2D eigenvalue weighted by Gasteiger charge is 2.54. The molecule has 3 atom stereocenters. The van der Waals surface area contributed by atoms with Crippen molar-refractivity contribution in [3.63, 3.8) is 0 Å². The average Bonchev–Trinajstić information content (AvgIpc) is 2.47. The minimum atomic E-state index is -1.34. The van der Waals surface area contributed by atoms with E-state index in [-0.39, 0.29) is 0 Å². The zero-order valence-corrected chi connectivity index (χ0v) is 15.9. The van der Waals surface area contributed by atoms with Gasteiger partial charge in [-0.1, -0.05) is 62.6 Å². The number of fused-ring (bicyclic) bond motifs is 2. The molecule has 2 bridgehead atoms. The molecule has 22 heavy (non-hydrogen) atoms. The van der Waals surface area contributed by atoms with Gasteiger partial charge in [-0.05, 0) is 55.1 Å². The monoisotopic (exact) mass is 310 g/mol. The molecule has 118 valence electrons. The van der Waals surface area contributed by atoms with Gasteiger partial charge < -0.3 is 0 Å². The summed E-state index contributed by atoms with van der Waals surface area (Å²) in [5.41, 5.74) is 1.77. The van der Waals surface area contributed by atoms with Crippen LogP contribution >= 0.6 is 0 Å². The summed E-state index contributed by atoms with van der Waals surface area (Å²) in [7, 11) is -1.34. The van der Waals surface area contributed by atoms with E-state index in [1.165, 1.54) is 25.3 Å². The summed E-state index contributed by atoms with van der Waals surface area (Å²) in [5, 5.41) is 1.61. The van der Waals surface area contributed by atoms with E-state index in [0.717, 1.165) is 23.3 Å². The highest BCUT2D eigenvalue weighted by molar-refractivity contribution is 6.89. The van der Waals surface area contributed by atoms with E-state index in [4.69, 9.17) is 0 Å². The maximum Gasteiger partial charge on any atom is 0.0809 e. The maximum absolute atomic E-state index is 3.16. The Hall–Kier alpha value is -1.00. The fourth-order valence-corrected chi connectivity index (χ4v) is 8.23. The highest BCUT2D eigenvalue weighted by Crippen LogP contribution is 2.62. The molecule has 0 aromatic heterocycles. The number of hydrogen-bond acceptors (Lipinski definition) is 0. The summed E-state index contributed by atoms with van der Waals surface area (Å²) < 4.78 is 0. The smallest absolute Gasteiger partial charge is 0.0809 e. The zero-order valence-electron chi connectivity index (χ0n) is 14.9. The van der Waals surface area contributed by atoms with Gasteiger partial charge in [0.15, 0.2) is 0 Å². The summed E-state index contributed by atoms with van der Waals surface area (Å²) >= 11 is 0. The molecule has 0 radical (unpaired) electrons. The van der Waals surface area contributed by atoms with Crippen molar-refractivity contribution in [2.75, 3.05) is 0 Å². The predicted molar refractivity (Wildman–Crippen MR) is 99.0 cm³/mol. The summed E-state index contributed by atoms with van der Waals surface area (Å²) in [5.74, 6) is 9.12. The van der Waals surface area contributed by atoms with Crippen molar-refractivity contribution in [1.29, 1.82) is 0 Å². The van der Waals surface area contributed by atoms with Crippen molar-refractivity contribution in [2.45, 2.75) is 59.2 Å². The lowest BCUT2D eigenvalue weighted by Crippen LogP contribution is -2.55. The SMILES string of the molecule is CC#Cc1ccc([Si](C)(C)CC2CC[C@H]3C[C@@H]2C3(C)C)cc1. The Balaban J connectivity index is 1.74. The minimum absolute atomic E-state index is 0.619. The third-order valence-electron chi connectivity index (χ3n) is 6.71. The van der Waals surface area contributed by atoms with Crippen LogP contribution in [-0.2, 0) is 0 Å². The van der Waals surface area contributed by atoms with Gasteiger partial charge in [-0.25, -0.2) is 0 Å². The van der Waals surface area contributed by atoms with E-state index in [1.807, 2.05) is 6.92 Å². The second-order valence-corrected chi connectivity index (χ2v) is 13.5. The van der Waals surface area contributed by atoms with Crippen LogP contribution < -0.4 is 5.19 Å². The lowest BCUT2D eigenvalue weighted by atomic mass is 9.46. The molecule has 1 unspecified atom stereocenters. The van der Waals surface area contributed by atoms with Gasteiger partial charge in [-0.15, -0.1) is 5.92 Å². The molecule has 1 heteroatoms. The Kier molecular flexibility index (Phi) is 4.02. The second-order valence-electron chi connectivity index (χ2n) is 8.74. The fourth-order valence-electron chi connectivity index (χ4n) is 5.13. The van der Waals surface area contributed by atoms with Gasteiger partial charge in [0.2, 0.25) is 0 Å². The molecule has 0 N–H and O–H groups in total. The minimum Gasteiger partial charge on any atom is -0.101 e. The van der Waals surface area contributed by atoms with Crippen LogP contribution in [0.4, 0.5) is 0 Å². The molecule has 4 rings (SSSR count). The molecule has 0 nitrogen and oxygen atoms in total. The Morgan fingerprint density at radius 3 is 2.36 bits per heavy atom. The molecular weight excluding hydrogens is 280 g/mol. The van der Waals surface area contributed by atoms with E-state index in [1.54, 1.807) is 5.19 Å². The Morgan fingerprint density at radius 1 is 1.14 bits per heavy atom. The first-order valence-electron chi connectivity index (χ1n) is 8.88. The van der Waals surface area contributed by atoms with E-state index >= 15 is 0 Å². The van der Waals surface area contributed by atoms with Crippen LogP contribution in [0.3, 0.4) is 0 Å². The molecule has 1 aromatic carbocycles. The Labute approximate surface area is 137 Å². The lowest BCUT2D eigenvalue weighted by molar-refractivity contribution is -0.0990. The van der Waals surface area contributed by atoms with Gasteiger partial charge in [-0.2, -0.15) is 0 Å². The second kappa shape index (κ2) is 5.57. The molecule has 3 aliphatic rings. The molecule has 3 fully saturated rings. The Morgan fingerprint density at radius 2 is 1.82 bits per heavy atom. The van der Waals surface area contributed by atoms with Gasteiger partial charge in [0, 0.05) is 5.56 Å². The van der Waals surface area contributed by atoms with Gasteiger partial charge in [-0.3, -0.25) is 0 Å². The van der Waals surface area contributed by atoms with E-state index < -0.39 is 8.07 Å². The topological polar surface area (TPSA) is 0 Å². The number of rotatable bonds is 3. The molecule has 3 saturated carbocycles. The first-order chi connectivity index (χ1) is 10.3. The van der Waals surface area contributed by atoms with E-state index in [0.29, 0.717) is 5.41 Å². The van der Waals surface area contributed by atoms with Crippen LogP contribution in [0.1, 0.15) is 45.6 Å². The van der Waals surface area contributed by atoms with E-state index in [9.17, 15) is 0 Å². The summed E-state index contributed by atoms with van der Waals surface area (Å²) in [6.45, 7) is 12.1. The largest absolute Gasteiger partial charge is 0.101 e. The molecule has 3 aliphatic carbocycles. The van der Waals surface area contributed by atoms with Crippen LogP contribution in [0.2, 0.25) is 19.1 Å². The summed E-state index contributed by atoms with van der Waals surface area (Å²) in [6, 6.07) is 10.6. The van der Waals surface area contributed by atoms with Crippen molar-refractivity contribution < 1.29 is 0 Å². The van der Waals surface area contributed by atoms with Gasteiger partial charge in [0.05, 0.1) is 8.07 Å².